The molecule has 1 aromatic carbocycles. The van der Waals surface area contributed by atoms with Crippen molar-refractivity contribution in [3.8, 4) is 0 Å². The van der Waals surface area contributed by atoms with Crippen LogP contribution in [0.2, 0.25) is 0 Å². The number of ketones is 1. The Morgan fingerprint density at radius 1 is 1.26 bits per heavy atom. The summed E-state index contributed by atoms with van der Waals surface area (Å²) in [4.78, 5) is 41.0. The van der Waals surface area contributed by atoms with Crippen molar-refractivity contribution in [2.75, 3.05) is 11.5 Å². The topological polar surface area (TPSA) is 126 Å². The highest BCUT2D eigenvalue weighted by Gasteiger charge is 2.38. The SMILES string of the molecule is Cc1[nH]c2ccccc2c1C(=O)[C@H](C)OC(=O)C1=NN([C@@H]2CCS(=O)(=O)C2)C(=O)CC1. The van der Waals surface area contributed by atoms with E-state index in [1.165, 1.54) is 6.92 Å². The molecule has 1 fully saturated rings. The lowest BCUT2D eigenvalue weighted by Gasteiger charge is -2.27. The van der Waals surface area contributed by atoms with Crippen LogP contribution in [-0.2, 0) is 24.2 Å². The number of aromatic nitrogens is 1. The van der Waals surface area contributed by atoms with Gasteiger partial charge in [0.2, 0.25) is 11.7 Å². The maximum Gasteiger partial charge on any atom is 0.355 e. The molecular weight excluding hydrogens is 422 g/mol. The number of fused-ring (bicyclic) bond motifs is 1. The highest BCUT2D eigenvalue weighted by atomic mass is 32.2. The molecule has 2 aromatic rings. The van der Waals surface area contributed by atoms with Crippen LogP contribution in [0.1, 0.15) is 42.2 Å². The molecule has 0 radical (unpaired) electrons. The lowest BCUT2D eigenvalue weighted by molar-refractivity contribution is -0.139. The Bertz CT molecular complexity index is 1210. The van der Waals surface area contributed by atoms with Crippen molar-refractivity contribution >= 4 is 44.1 Å². The third-order valence-corrected chi connectivity index (χ3v) is 7.39. The predicted molar refractivity (Wildman–Crippen MR) is 113 cm³/mol. The number of amides is 1. The van der Waals surface area contributed by atoms with Crippen molar-refractivity contribution < 1.29 is 27.5 Å². The molecule has 1 saturated heterocycles. The molecule has 1 N–H and O–H groups in total. The Morgan fingerprint density at radius 2 is 2.00 bits per heavy atom. The Kier molecular flexibility index (Phi) is 5.42. The van der Waals surface area contributed by atoms with E-state index in [2.05, 4.69) is 10.1 Å². The normalized spacial score (nSPS) is 21.7. The van der Waals surface area contributed by atoms with E-state index in [4.69, 9.17) is 4.74 Å². The summed E-state index contributed by atoms with van der Waals surface area (Å²) < 4.78 is 28.9. The van der Waals surface area contributed by atoms with Gasteiger partial charge in [-0.05, 0) is 26.3 Å². The number of hydrazone groups is 1. The third-order valence-electron chi connectivity index (χ3n) is 5.64. The summed E-state index contributed by atoms with van der Waals surface area (Å²) in [6, 6.07) is 6.80. The molecule has 31 heavy (non-hydrogen) atoms. The second-order valence-electron chi connectivity index (χ2n) is 7.92. The standard InChI is InChI=1S/C21H23N3O6S/c1-12-19(15-5-3-4-6-16(15)22-12)20(26)13(2)30-21(27)17-7-8-18(25)24(23-17)14-9-10-31(28,29)11-14/h3-6,13-14,22H,7-11H2,1-2H3/t13-,14+/m0/s1. The van der Waals surface area contributed by atoms with E-state index in [-0.39, 0.29) is 48.2 Å². The number of aromatic amines is 1. The van der Waals surface area contributed by atoms with Crippen LogP contribution in [0.15, 0.2) is 29.4 Å². The number of Topliss-reactive ketones (excluding diaryl/α,β-unsaturated/α-hetero) is 1. The number of nitrogens with one attached hydrogen (secondary N) is 1. The van der Waals surface area contributed by atoms with E-state index in [1.54, 1.807) is 6.92 Å². The molecule has 9 nitrogen and oxygen atoms in total. The van der Waals surface area contributed by atoms with Gasteiger partial charge in [0, 0.05) is 35.0 Å². The fourth-order valence-corrected chi connectivity index (χ4v) is 5.74. The number of H-pyrrole nitrogens is 1. The summed E-state index contributed by atoms with van der Waals surface area (Å²) in [5, 5.41) is 5.95. The largest absolute Gasteiger partial charge is 0.450 e. The van der Waals surface area contributed by atoms with Crippen molar-refractivity contribution in [2.24, 2.45) is 5.10 Å². The van der Waals surface area contributed by atoms with Crippen LogP contribution < -0.4 is 0 Å². The lowest BCUT2D eigenvalue weighted by Crippen LogP contribution is -2.42. The quantitative estimate of drug-likeness (QED) is 0.552. The van der Waals surface area contributed by atoms with E-state index in [1.807, 2.05) is 24.3 Å². The third kappa shape index (κ3) is 4.12. The molecular formula is C21H23N3O6S. The van der Waals surface area contributed by atoms with Crippen LogP contribution in [-0.4, -0.2) is 65.4 Å². The van der Waals surface area contributed by atoms with Crippen LogP contribution >= 0.6 is 0 Å². The molecule has 0 unspecified atom stereocenters. The van der Waals surface area contributed by atoms with Gasteiger partial charge in [0.25, 0.3) is 0 Å². The second-order valence-corrected chi connectivity index (χ2v) is 10.2. The fourth-order valence-electron chi connectivity index (χ4n) is 4.05. The first-order chi connectivity index (χ1) is 14.7. The van der Waals surface area contributed by atoms with Crippen LogP contribution in [0.5, 0.6) is 0 Å². The summed E-state index contributed by atoms with van der Waals surface area (Å²) in [6.07, 6.45) is -0.644. The van der Waals surface area contributed by atoms with Gasteiger partial charge in [-0.1, -0.05) is 18.2 Å². The summed E-state index contributed by atoms with van der Waals surface area (Å²) in [5.74, 6) is -1.62. The summed E-state index contributed by atoms with van der Waals surface area (Å²) in [5.41, 5.74) is 1.98. The van der Waals surface area contributed by atoms with Gasteiger partial charge in [-0.25, -0.2) is 18.2 Å². The van der Waals surface area contributed by atoms with E-state index in [0.29, 0.717) is 11.3 Å². The van der Waals surface area contributed by atoms with Crippen LogP contribution in [0.4, 0.5) is 0 Å². The van der Waals surface area contributed by atoms with E-state index >= 15 is 0 Å². The molecule has 2 aliphatic heterocycles. The monoisotopic (exact) mass is 445 g/mol. The van der Waals surface area contributed by atoms with Gasteiger partial charge in [0.05, 0.1) is 17.5 Å². The number of hydrogen-bond acceptors (Lipinski definition) is 7. The molecule has 1 aromatic heterocycles. The number of carbonyl (C=O) groups excluding carboxylic acids is 3. The number of nitrogens with zero attached hydrogens (tertiary/aromatic N) is 2. The van der Waals surface area contributed by atoms with Crippen molar-refractivity contribution in [1.29, 1.82) is 0 Å². The molecule has 2 aliphatic rings. The van der Waals surface area contributed by atoms with Crippen molar-refractivity contribution in [1.82, 2.24) is 9.99 Å². The number of aryl methyl sites for hydroxylation is 1. The van der Waals surface area contributed by atoms with Crippen molar-refractivity contribution in [2.45, 2.75) is 45.3 Å². The minimum atomic E-state index is -3.21. The van der Waals surface area contributed by atoms with Crippen LogP contribution in [0.3, 0.4) is 0 Å². The zero-order valence-corrected chi connectivity index (χ0v) is 18.1. The molecule has 0 saturated carbocycles. The minimum absolute atomic E-state index is 0.00768. The molecule has 4 rings (SSSR count). The number of para-hydroxylation sites is 1. The van der Waals surface area contributed by atoms with Gasteiger partial charge in [-0.3, -0.25) is 9.59 Å². The first kappa shape index (κ1) is 21.2. The number of hydrogen-bond donors (Lipinski definition) is 1. The maximum atomic E-state index is 13.0. The molecule has 0 spiro atoms. The number of sulfone groups is 1. The Hall–Kier alpha value is -3.01. The predicted octanol–water partition coefficient (Wildman–Crippen LogP) is 1.76. The van der Waals surface area contributed by atoms with Crippen molar-refractivity contribution in [3.05, 3.63) is 35.5 Å². The first-order valence-corrected chi connectivity index (χ1v) is 11.9. The molecule has 10 heteroatoms. The smallest absolute Gasteiger partial charge is 0.355 e. The molecule has 1 amide bonds. The highest BCUT2D eigenvalue weighted by molar-refractivity contribution is 7.91. The summed E-state index contributed by atoms with van der Waals surface area (Å²) >= 11 is 0. The van der Waals surface area contributed by atoms with Gasteiger partial charge < -0.3 is 9.72 Å². The molecule has 0 aliphatic carbocycles. The number of carbonyl (C=O) groups is 3. The van der Waals surface area contributed by atoms with Gasteiger partial charge in [-0.2, -0.15) is 5.10 Å². The van der Waals surface area contributed by atoms with Gasteiger partial charge >= 0.3 is 5.97 Å². The number of ether oxygens (including phenoxy) is 1. The van der Waals surface area contributed by atoms with E-state index in [9.17, 15) is 22.8 Å². The average Bonchev–Trinajstić information content (AvgIpc) is 3.25. The number of esters is 1. The number of benzene rings is 1. The van der Waals surface area contributed by atoms with E-state index < -0.39 is 28.0 Å². The number of rotatable bonds is 5. The zero-order valence-electron chi connectivity index (χ0n) is 17.3. The Labute approximate surface area is 179 Å². The van der Waals surface area contributed by atoms with Gasteiger partial charge in [0.1, 0.15) is 5.71 Å². The fraction of sp³-hybridized carbons (Fsp3) is 0.429. The average molecular weight is 445 g/mol. The zero-order chi connectivity index (χ0) is 22.3. The first-order valence-electron chi connectivity index (χ1n) is 10.1. The molecule has 2 atom stereocenters. The van der Waals surface area contributed by atoms with Crippen LogP contribution in [0.25, 0.3) is 10.9 Å². The molecule has 164 valence electrons. The molecule has 0 bridgehead atoms. The summed E-state index contributed by atoms with van der Waals surface area (Å²) in [6.45, 7) is 3.28. The van der Waals surface area contributed by atoms with E-state index in [0.717, 1.165) is 15.9 Å². The second kappa shape index (κ2) is 7.92. The Morgan fingerprint density at radius 3 is 2.71 bits per heavy atom. The van der Waals surface area contributed by atoms with Crippen molar-refractivity contribution in [3.63, 3.8) is 0 Å². The summed E-state index contributed by atoms with van der Waals surface area (Å²) in [7, 11) is -3.21. The molecule has 3 heterocycles. The van der Waals surface area contributed by atoms with Gasteiger partial charge in [-0.15, -0.1) is 0 Å². The van der Waals surface area contributed by atoms with Gasteiger partial charge in [0.15, 0.2) is 15.9 Å². The highest BCUT2D eigenvalue weighted by Crippen LogP contribution is 2.25. The minimum Gasteiger partial charge on any atom is -0.450 e. The Balaban J connectivity index is 1.50. The van der Waals surface area contributed by atoms with Crippen LogP contribution in [0, 0.1) is 6.92 Å². The lowest BCUT2D eigenvalue weighted by atomic mass is 10.0. The maximum absolute atomic E-state index is 13.0.